The first-order chi connectivity index (χ1) is 8.58. The van der Waals surface area contributed by atoms with E-state index in [0.717, 1.165) is 31.4 Å². The molecule has 0 rings (SSSR count). The second-order valence-electron chi connectivity index (χ2n) is 4.68. The predicted octanol–water partition coefficient (Wildman–Crippen LogP) is 1.27. The molecule has 4 nitrogen and oxygen atoms in total. The highest BCUT2D eigenvalue weighted by Crippen LogP contribution is 2.17. The zero-order valence-electron chi connectivity index (χ0n) is 11.5. The molecule has 0 saturated heterocycles. The molecule has 2 unspecified atom stereocenters. The minimum absolute atomic E-state index is 0.0379. The first-order valence-corrected chi connectivity index (χ1v) is 16.4. The molecule has 0 aliphatic rings. The van der Waals surface area contributed by atoms with Gasteiger partial charge in [0.05, 0.1) is 0 Å². The van der Waals surface area contributed by atoms with E-state index in [4.69, 9.17) is 8.54 Å². The van der Waals surface area contributed by atoms with Gasteiger partial charge in [-0.25, -0.2) is 0 Å². The van der Waals surface area contributed by atoms with Gasteiger partial charge in [-0.2, -0.15) is 0 Å². The molecule has 0 amide bonds. The first kappa shape index (κ1) is 18.6. The van der Waals surface area contributed by atoms with E-state index in [9.17, 15) is 8.92 Å². The summed E-state index contributed by atoms with van der Waals surface area (Å²) in [5.74, 6) is 0. The maximum Gasteiger partial charge on any atom is 0.421 e. The Balaban J connectivity index is 3.49. The van der Waals surface area contributed by atoms with E-state index >= 15 is 0 Å². The Kier molecular flexibility index (Phi) is 11.8. The first-order valence-electron chi connectivity index (χ1n) is 6.37. The fraction of sp³-hybridized carbons (Fsp3) is 1.00. The lowest BCUT2D eigenvalue weighted by atomic mass is 10.4. The molecule has 4 radical (unpaired) electrons. The van der Waals surface area contributed by atoms with E-state index in [1.807, 2.05) is 6.55 Å². The van der Waals surface area contributed by atoms with Gasteiger partial charge in [-0.15, -0.1) is 0 Å². The van der Waals surface area contributed by atoms with E-state index in [1.54, 1.807) is 0 Å². The minimum Gasteiger partial charge on any atom is -0.433 e. The van der Waals surface area contributed by atoms with Gasteiger partial charge in [0, 0.05) is 6.61 Å². The van der Waals surface area contributed by atoms with Gasteiger partial charge in [-0.1, -0.05) is 38.4 Å². The van der Waals surface area contributed by atoms with Crippen LogP contribution >= 0.6 is 0 Å². The molecule has 0 aliphatic heterocycles. The molecule has 102 valence electrons. The highest BCUT2D eigenvalue weighted by molar-refractivity contribution is 7.19. The van der Waals surface area contributed by atoms with E-state index in [-0.39, 0.29) is 27.9 Å². The van der Waals surface area contributed by atoms with Crippen molar-refractivity contribution in [2.24, 2.45) is 0 Å². The zero-order chi connectivity index (χ0) is 13.9. The van der Waals surface area contributed by atoms with Crippen molar-refractivity contribution < 1.29 is 17.5 Å². The normalized spacial score (nSPS) is 15.9. The van der Waals surface area contributed by atoms with Crippen LogP contribution in [0.4, 0.5) is 0 Å². The highest BCUT2D eigenvalue weighted by Gasteiger charge is 2.26. The lowest BCUT2D eigenvalue weighted by Gasteiger charge is -2.18. The van der Waals surface area contributed by atoms with E-state index in [1.165, 1.54) is 0 Å². The molecular formula is C9H22O4Si5. The summed E-state index contributed by atoms with van der Waals surface area (Å²) in [5, 5.41) is 0. The van der Waals surface area contributed by atoms with Gasteiger partial charge in [-0.05, 0) is 13.0 Å². The van der Waals surface area contributed by atoms with Crippen LogP contribution in [0.3, 0.4) is 0 Å². The van der Waals surface area contributed by atoms with Gasteiger partial charge in [-0.3, -0.25) is 0 Å². The van der Waals surface area contributed by atoms with E-state index in [2.05, 4.69) is 13.5 Å². The summed E-state index contributed by atoms with van der Waals surface area (Å²) in [6.07, 6.45) is 3.24. The number of rotatable bonds is 12. The largest absolute Gasteiger partial charge is 0.433 e. The monoisotopic (exact) mass is 334 g/mol. The topological polar surface area (TPSA) is 52.6 Å². The highest BCUT2D eigenvalue weighted by atomic mass is 29.2. The molecule has 0 fully saturated rings. The van der Waals surface area contributed by atoms with Crippen LogP contribution in [0.2, 0.25) is 25.2 Å². The van der Waals surface area contributed by atoms with Crippen molar-refractivity contribution in [1.29, 1.82) is 0 Å². The van der Waals surface area contributed by atoms with Crippen LogP contribution in [0, 0.1) is 0 Å². The second kappa shape index (κ2) is 11.4. The average Bonchev–Trinajstić information content (AvgIpc) is 2.37. The summed E-state index contributed by atoms with van der Waals surface area (Å²) in [5.41, 5.74) is 0. The number of unbranched alkanes of at least 4 members (excludes halogenated alkanes) is 1. The van der Waals surface area contributed by atoms with Gasteiger partial charge < -0.3 is 17.5 Å². The molecule has 0 N–H and O–H groups in total. The summed E-state index contributed by atoms with van der Waals surface area (Å²) in [6.45, 7) is 6.99. The third-order valence-corrected chi connectivity index (χ3v) is 13.8. The van der Waals surface area contributed by atoms with Crippen LogP contribution in [0.25, 0.3) is 0 Å². The molecule has 0 aromatic carbocycles. The van der Waals surface area contributed by atoms with Crippen LogP contribution in [-0.4, -0.2) is 50.6 Å². The Morgan fingerprint density at radius 2 is 1.94 bits per heavy atom. The van der Waals surface area contributed by atoms with Gasteiger partial charge in [0.1, 0.15) is 7.59 Å². The van der Waals surface area contributed by atoms with Crippen LogP contribution in [-0.2, 0) is 17.5 Å². The molecule has 18 heavy (non-hydrogen) atoms. The van der Waals surface area contributed by atoms with Gasteiger partial charge in [0.15, 0.2) is 0 Å². The Labute approximate surface area is 119 Å². The average molecular weight is 335 g/mol. The third kappa shape index (κ3) is 9.52. The van der Waals surface area contributed by atoms with Gasteiger partial charge >= 0.3 is 27.9 Å². The Morgan fingerprint density at radius 1 is 1.22 bits per heavy atom. The van der Waals surface area contributed by atoms with Gasteiger partial charge in [0.2, 0.25) is 8.56 Å². The maximum absolute atomic E-state index is 11.2. The molecule has 0 aromatic heterocycles. The van der Waals surface area contributed by atoms with Crippen LogP contribution in [0.1, 0.15) is 26.2 Å². The fourth-order valence-corrected chi connectivity index (χ4v) is 8.26. The molecule has 0 aromatic rings. The third-order valence-electron chi connectivity index (χ3n) is 2.72. The van der Waals surface area contributed by atoms with Crippen molar-refractivity contribution in [3.63, 3.8) is 0 Å². The summed E-state index contributed by atoms with van der Waals surface area (Å²) < 4.78 is 32.4. The molecule has 0 aliphatic carbocycles. The Morgan fingerprint density at radius 3 is 2.50 bits per heavy atom. The minimum atomic E-state index is -1.46. The lowest BCUT2D eigenvalue weighted by molar-refractivity contribution is 0.285. The van der Waals surface area contributed by atoms with Crippen molar-refractivity contribution in [1.82, 2.24) is 0 Å². The van der Waals surface area contributed by atoms with Crippen molar-refractivity contribution >= 4 is 44.0 Å². The molecule has 0 bridgehead atoms. The standard InChI is InChI=1S/C9H22O4Si5/c1-4-8-18(3,15-11)9-6-5-7-12-16-13-17(2)14-10/h17H,4-9H2,1-3H3. The van der Waals surface area contributed by atoms with Crippen molar-refractivity contribution in [2.45, 2.75) is 51.4 Å². The zero-order valence-corrected chi connectivity index (χ0v) is 16.6. The van der Waals surface area contributed by atoms with Gasteiger partial charge in [0.25, 0.3) is 0 Å². The molecule has 0 saturated carbocycles. The maximum atomic E-state index is 11.2. The van der Waals surface area contributed by atoms with E-state index in [0.29, 0.717) is 6.61 Å². The Bertz CT molecular complexity index is 243. The molecular weight excluding hydrogens is 313 g/mol. The van der Waals surface area contributed by atoms with Crippen LogP contribution < -0.4 is 0 Å². The van der Waals surface area contributed by atoms with Crippen molar-refractivity contribution in [3.8, 4) is 0 Å². The van der Waals surface area contributed by atoms with Crippen molar-refractivity contribution in [2.75, 3.05) is 6.61 Å². The molecule has 9 heteroatoms. The quantitative estimate of drug-likeness (QED) is 0.398. The fourth-order valence-electron chi connectivity index (χ4n) is 1.64. The SMILES string of the molecule is CCC[Si](C)(CCCCO[Si]O[SiH](C)[Si]=O)[Si]=O. The van der Waals surface area contributed by atoms with Crippen LogP contribution in [0.5, 0.6) is 0 Å². The molecule has 0 heterocycles. The second-order valence-corrected chi connectivity index (χ2v) is 19.3. The predicted molar refractivity (Wildman–Crippen MR) is 79.4 cm³/mol. The summed E-state index contributed by atoms with van der Waals surface area (Å²) >= 11 is 0. The van der Waals surface area contributed by atoms with E-state index < -0.39 is 16.1 Å². The Hall–Kier alpha value is 0.604. The number of hydrogen-bond acceptors (Lipinski definition) is 4. The molecule has 2 atom stereocenters. The summed E-state index contributed by atoms with van der Waals surface area (Å²) in [6, 6.07) is 2.29. The smallest absolute Gasteiger partial charge is 0.421 e. The summed E-state index contributed by atoms with van der Waals surface area (Å²) in [4.78, 5) is 0. The van der Waals surface area contributed by atoms with Crippen LogP contribution in [0.15, 0.2) is 0 Å². The number of hydrogen-bond donors (Lipinski definition) is 0. The van der Waals surface area contributed by atoms with Crippen molar-refractivity contribution in [3.05, 3.63) is 0 Å². The lowest BCUT2D eigenvalue weighted by Crippen LogP contribution is -2.33. The summed E-state index contributed by atoms with van der Waals surface area (Å²) in [7, 11) is -3.26. The molecule has 0 spiro atoms.